The number of nitrogens with one attached hydrogen (secondary N) is 1. The summed E-state index contributed by atoms with van der Waals surface area (Å²) in [7, 11) is 0. The van der Waals surface area contributed by atoms with Gasteiger partial charge in [0.25, 0.3) is 0 Å². The smallest absolute Gasteiger partial charge is 0.223 e. The van der Waals surface area contributed by atoms with E-state index in [1.165, 1.54) is 25.7 Å². The maximum absolute atomic E-state index is 12.0. The normalized spacial score (nSPS) is 19.7. The van der Waals surface area contributed by atoms with Gasteiger partial charge < -0.3 is 10.4 Å². The van der Waals surface area contributed by atoms with Crippen molar-refractivity contribution in [2.45, 2.75) is 71.3 Å². The Morgan fingerprint density at radius 3 is 2.50 bits per heavy atom. The first-order chi connectivity index (χ1) is 8.67. The van der Waals surface area contributed by atoms with Crippen molar-refractivity contribution in [1.29, 1.82) is 0 Å². The van der Waals surface area contributed by atoms with E-state index in [2.05, 4.69) is 12.2 Å². The number of hydrogen-bond acceptors (Lipinski definition) is 2. The van der Waals surface area contributed by atoms with Crippen LogP contribution < -0.4 is 5.32 Å². The van der Waals surface area contributed by atoms with Crippen molar-refractivity contribution in [1.82, 2.24) is 5.32 Å². The van der Waals surface area contributed by atoms with Gasteiger partial charge >= 0.3 is 0 Å². The average Bonchev–Trinajstić information content (AvgIpc) is 2.88. The van der Waals surface area contributed by atoms with Gasteiger partial charge in [-0.05, 0) is 31.6 Å². The molecule has 3 heteroatoms. The number of amides is 1. The lowest BCUT2D eigenvalue weighted by atomic mass is 9.91. The number of rotatable bonds is 8. The Labute approximate surface area is 111 Å². The third-order valence-corrected chi connectivity index (χ3v) is 4.20. The van der Waals surface area contributed by atoms with Crippen molar-refractivity contribution in [3.63, 3.8) is 0 Å². The minimum atomic E-state index is -0.278. The van der Waals surface area contributed by atoms with Gasteiger partial charge in [0.1, 0.15) is 0 Å². The predicted molar refractivity (Wildman–Crippen MR) is 74.3 cm³/mol. The Morgan fingerprint density at radius 1 is 1.28 bits per heavy atom. The molecule has 1 amide bonds. The van der Waals surface area contributed by atoms with Gasteiger partial charge in [-0.2, -0.15) is 0 Å². The molecule has 2 N–H and O–H groups in total. The van der Waals surface area contributed by atoms with E-state index in [-0.39, 0.29) is 17.9 Å². The molecule has 0 heterocycles. The molecule has 106 valence electrons. The van der Waals surface area contributed by atoms with E-state index in [9.17, 15) is 9.90 Å². The minimum Gasteiger partial charge on any atom is -0.393 e. The highest BCUT2D eigenvalue weighted by atomic mass is 16.3. The maximum atomic E-state index is 12.0. The summed E-state index contributed by atoms with van der Waals surface area (Å²) >= 11 is 0. The quantitative estimate of drug-likeness (QED) is 0.700. The third-order valence-electron chi connectivity index (χ3n) is 4.20. The standard InChI is InChI=1S/C15H29NO2/c1-3-13(11-12-7-5-6-8-12)15(18)16-10-9-14(17)4-2/h12-14,17H,3-11H2,1-2H3,(H,16,18). The molecule has 2 unspecified atom stereocenters. The fourth-order valence-electron chi connectivity index (χ4n) is 2.82. The van der Waals surface area contributed by atoms with Crippen LogP contribution in [0.25, 0.3) is 0 Å². The van der Waals surface area contributed by atoms with Crippen LogP contribution in [0.5, 0.6) is 0 Å². The van der Waals surface area contributed by atoms with Gasteiger partial charge in [0, 0.05) is 12.5 Å². The molecular weight excluding hydrogens is 226 g/mol. The molecule has 18 heavy (non-hydrogen) atoms. The highest BCUT2D eigenvalue weighted by molar-refractivity contribution is 5.78. The van der Waals surface area contributed by atoms with Gasteiger partial charge in [0.2, 0.25) is 5.91 Å². The summed E-state index contributed by atoms with van der Waals surface area (Å²) in [5.41, 5.74) is 0. The lowest BCUT2D eigenvalue weighted by molar-refractivity contribution is -0.125. The van der Waals surface area contributed by atoms with E-state index in [0.717, 1.165) is 25.2 Å². The van der Waals surface area contributed by atoms with Crippen LogP contribution in [-0.2, 0) is 4.79 Å². The highest BCUT2D eigenvalue weighted by Gasteiger charge is 2.23. The monoisotopic (exact) mass is 255 g/mol. The summed E-state index contributed by atoms with van der Waals surface area (Å²) in [5, 5.41) is 12.4. The van der Waals surface area contributed by atoms with Gasteiger partial charge in [-0.25, -0.2) is 0 Å². The number of aliphatic hydroxyl groups excluding tert-OH is 1. The van der Waals surface area contributed by atoms with Crippen LogP contribution in [0.2, 0.25) is 0 Å². The zero-order chi connectivity index (χ0) is 13.4. The zero-order valence-electron chi connectivity index (χ0n) is 12.0. The highest BCUT2D eigenvalue weighted by Crippen LogP contribution is 2.31. The largest absolute Gasteiger partial charge is 0.393 e. The summed E-state index contributed by atoms with van der Waals surface area (Å²) in [5.74, 6) is 1.13. The SMILES string of the molecule is CCC(O)CCNC(=O)C(CC)CC1CCCC1. The second-order valence-corrected chi connectivity index (χ2v) is 5.63. The molecule has 0 aliphatic heterocycles. The van der Waals surface area contributed by atoms with Crippen LogP contribution >= 0.6 is 0 Å². The molecule has 0 spiro atoms. The molecule has 0 aromatic carbocycles. The van der Waals surface area contributed by atoms with Crippen molar-refractivity contribution < 1.29 is 9.90 Å². The molecule has 1 rings (SSSR count). The third kappa shape index (κ3) is 5.38. The second-order valence-electron chi connectivity index (χ2n) is 5.63. The summed E-state index contributed by atoms with van der Waals surface area (Å²) in [6.07, 6.45) is 8.42. The van der Waals surface area contributed by atoms with Crippen molar-refractivity contribution in [3.8, 4) is 0 Å². The zero-order valence-corrected chi connectivity index (χ0v) is 12.0. The molecule has 1 aliphatic rings. The molecule has 1 saturated carbocycles. The second kappa shape index (κ2) is 8.52. The molecule has 0 aromatic rings. The van der Waals surface area contributed by atoms with Crippen LogP contribution in [0.3, 0.4) is 0 Å². The molecule has 3 nitrogen and oxygen atoms in total. The fraction of sp³-hybridized carbons (Fsp3) is 0.933. The number of aliphatic hydroxyl groups is 1. The Balaban J connectivity index is 2.23. The Morgan fingerprint density at radius 2 is 1.94 bits per heavy atom. The lowest BCUT2D eigenvalue weighted by Gasteiger charge is -2.19. The van der Waals surface area contributed by atoms with Crippen molar-refractivity contribution in [3.05, 3.63) is 0 Å². The van der Waals surface area contributed by atoms with E-state index in [4.69, 9.17) is 0 Å². The molecule has 0 bridgehead atoms. The molecule has 1 aliphatic carbocycles. The van der Waals surface area contributed by atoms with Crippen LogP contribution in [-0.4, -0.2) is 23.7 Å². The molecule has 0 aromatic heterocycles. The maximum Gasteiger partial charge on any atom is 0.223 e. The fourth-order valence-corrected chi connectivity index (χ4v) is 2.82. The van der Waals surface area contributed by atoms with Crippen molar-refractivity contribution >= 4 is 5.91 Å². The van der Waals surface area contributed by atoms with Gasteiger partial charge in [-0.1, -0.05) is 39.5 Å². The Hall–Kier alpha value is -0.570. The van der Waals surface area contributed by atoms with Crippen LogP contribution in [0.1, 0.15) is 65.2 Å². The van der Waals surface area contributed by atoms with E-state index in [1.54, 1.807) is 0 Å². The Bertz CT molecular complexity index is 237. The van der Waals surface area contributed by atoms with Gasteiger partial charge in [0.15, 0.2) is 0 Å². The van der Waals surface area contributed by atoms with Crippen molar-refractivity contribution in [2.75, 3.05) is 6.54 Å². The molecule has 0 radical (unpaired) electrons. The van der Waals surface area contributed by atoms with E-state index < -0.39 is 0 Å². The first-order valence-corrected chi connectivity index (χ1v) is 7.63. The molecule has 1 fully saturated rings. The minimum absolute atomic E-state index is 0.173. The summed E-state index contributed by atoms with van der Waals surface area (Å²) in [6.45, 7) is 4.66. The number of hydrogen-bond donors (Lipinski definition) is 2. The first kappa shape index (κ1) is 15.5. The molecule has 0 saturated heterocycles. The number of carbonyl (C=O) groups excluding carboxylic acids is 1. The van der Waals surface area contributed by atoms with E-state index >= 15 is 0 Å². The summed E-state index contributed by atoms with van der Waals surface area (Å²) < 4.78 is 0. The van der Waals surface area contributed by atoms with Crippen LogP contribution in [0.4, 0.5) is 0 Å². The predicted octanol–water partition coefficient (Wildman–Crippen LogP) is 2.87. The van der Waals surface area contributed by atoms with E-state index in [1.807, 2.05) is 6.92 Å². The lowest BCUT2D eigenvalue weighted by Crippen LogP contribution is -2.33. The van der Waals surface area contributed by atoms with Crippen LogP contribution in [0, 0.1) is 11.8 Å². The number of carbonyl (C=O) groups is 1. The topological polar surface area (TPSA) is 49.3 Å². The van der Waals surface area contributed by atoms with Gasteiger partial charge in [-0.3, -0.25) is 4.79 Å². The summed E-state index contributed by atoms with van der Waals surface area (Å²) in [4.78, 5) is 12.0. The van der Waals surface area contributed by atoms with Gasteiger partial charge in [-0.15, -0.1) is 0 Å². The molecular formula is C15H29NO2. The average molecular weight is 255 g/mol. The first-order valence-electron chi connectivity index (χ1n) is 7.63. The van der Waals surface area contributed by atoms with Crippen LogP contribution in [0.15, 0.2) is 0 Å². The summed E-state index contributed by atoms with van der Waals surface area (Å²) in [6, 6.07) is 0. The Kier molecular flexibility index (Phi) is 7.33. The van der Waals surface area contributed by atoms with Crippen molar-refractivity contribution in [2.24, 2.45) is 11.8 Å². The molecule has 2 atom stereocenters. The van der Waals surface area contributed by atoms with Gasteiger partial charge in [0.05, 0.1) is 6.10 Å². The van der Waals surface area contributed by atoms with E-state index in [0.29, 0.717) is 13.0 Å².